The summed E-state index contributed by atoms with van der Waals surface area (Å²) in [7, 11) is 0. The highest BCUT2D eigenvalue weighted by Crippen LogP contribution is 2.26. The summed E-state index contributed by atoms with van der Waals surface area (Å²) in [6.07, 6.45) is 1.04. The van der Waals surface area contributed by atoms with Crippen LogP contribution in [0, 0.1) is 6.92 Å². The van der Waals surface area contributed by atoms with Gasteiger partial charge in [-0.15, -0.1) is 0 Å². The standard InChI is InChI=1S/C20H28N2O3/c1-14-5-7-15(8-6-14)9-17-11-21-13-18(23)10-16(21)12-22(17)19(24)25-20(2,3)4/h5-8,16-17H,9-13H2,1-4H3/t16-,17-/m0/s1. The SMILES string of the molecule is Cc1ccc(C[C@H]2CN3CC(=O)C[C@H]3CN2C(=O)OC(C)(C)C)cc1. The number of nitrogens with zero attached hydrogens (tertiary/aromatic N) is 2. The average Bonchev–Trinajstić information content (AvgIpc) is 2.86. The number of piperazine rings is 1. The Morgan fingerprint density at radius 1 is 1.20 bits per heavy atom. The van der Waals surface area contributed by atoms with Crippen LogP contribution in [0.4, 0.5) is 4.79 Å². The van der Waals surface area contributed by atoms with Crippen LogP contribution in [0.1, 0.15) is 38.3 Å². The number of Topliss-reactive ketones (excluding diaryl/α,β-unsaturated/α-hetero) is 1. The molecule has 0 saturated carbocycles. The van der Waals surface area contributed by atoms with Crippen LogP contribution in [0.15, 0.2) is 24.3 Å². The van der Waals surface area contributed by atoms with E-state index in [0.717, 1.165) is 13.0 Å². The lowest BCUT2D eigenvalue weighted by molar-refractivity contribution is -0.116. The number of ether oxygens (including phenoxy) is 1. The smallest absolute Gasteiger partial charge is 0.410 e. The van der Waals surface area contributed by atoms with Gasteiger partial charge < -0.3 is 9.64 Å². The second kappa shape index (κ2) is 6.79. The maximum absolute atomic E-state index is 12.7. The van der Waals surface area contributed by atoms with Crippen molar-refractivity contribution in [2.45, 2.75) is 58.2 Å². The number of aryl methyl sites for hydroxylation is 1. The molecule has 2 heterocycles. The molecule has 2 atom stereocenters. The van der Waals surface area contributed by atoms with Crippen molar-refractivity contribution in [2.75, 3.05) is 19.6 Å². The van der Waals surface area contributed by atoms with Gasteiger partial charge in [-0.1, -0.05) is 29.8 Å². The van der Waals surface area contributed by atoms with Gasteiger partial charge in [-0.05, 0) is 39.7 Å². The first-order valence-electron chi connectivity index (χ1n) is 9.02. The van der Waals surface area contributed by atoms with E-state index in [9.17, 15) is 9.59 Å². The van der Waals surface area contributed by atoms with Gasteiger partial charge in [0.15, 0.2) is 0 Å². The molecule has 25 heavy (non-hydrogen) atoms. The second-order valence-corrected chi connectivity index (χ2v) is 8.30. The number of fused-ring (bicyclic) bond motifs is 1. The monoisotopic (exact) mass is 344 g/mol. The third-order valence-corrected chi connectivity index (χ3v) is 4.87. The molecule has 2 aliphatic rings. The van der Waals surface area contributed by atoms with E-state index in [-0.39, 0.29) is 24.0 Å². The Morgan fingerprint density at radius 2 is 1.88 bits per heavy atom. The van der Waals surface area contributed by atoms with Crippen LogP contribution in [-0.2, 0) is 16.0 Å². The molecule has 5 heteroatoms. The normalized spacial score (nSPS) is 24.3. The molecule has 136 valence electrons. The van der Waals surface area contributed by atoms with Crippen molar-refractivity contribution < 1.29 is 14.3 Å². The Labute approximate surface area is 149 Å². The molecule has 2 saturated heterocycles. The number of hydrogen-bond acceptors (Lipinski definition) is 4. The van der Waals surface area contributed by atoms with Crippen LogP contribution in [-0.4, -0.2) is 59.0 Å². The van der Waals surface area contributed by atoms with Gasteiger partial charge in [-0.25, -0.2) is 4.79 Å². The van der Waals surface area contributed by atoms with E-state index in [1.807, 2.05) is 25.7 Å². The Balaban J connectivity index is 1.78. The molecule has 0 bridgehead atoms. The summed E-state index contributed by atoms with van der Waals surface area (Å²) in [6, 6.07) is 8.58. The van der Waals surface area contributed by atoms with Crippen molar-refractivity contribution in [3.8, 4) is 0 Å². The first kappa shape index (κ1) is 17.9. The lowest BCUT2D eigenvalue weighted by Gasteiger charge is -2.43. The van der Waals surface area contributed by atoms with Gasteiger partial charge in [-0.3, -0.25) is 9.69 Å². The van der Waals surface area contributed by atoms with E-state index in [4.69, 9.17) is 4.74 Å². The quantitative estimate of drug-likeness (QED) is 0.828. The maximum atomic E-state index is 12.7. The van der Waals surface area contributed by atoms with E-state index in [1.54, 1.807) is 0 Å². The van der Waals surface area contributed by atoms with Crippen molar-refractivity contribution in [2.24, 2.45) is 0 Å². The third-order valence-electron chi connectivity index (χ3n) is 4.87. The van der Waals surface area contributed by atoms with Gasteiger partial charge >= 0.3 is 6.09 Å². The summed E-state index contributed by atoms with van der Waals surface area (Å²) in [6.45, 7) is 9.52. The highest BCUT2D eigenvalue weighted by molar-refractivity contribution is 5.83. The number of ketones is 1. The summed E-state index contributed by atoms with van der Waals surface area (Å²) < 4.78 is 5.62. The Morgan fingerprint density at radius 3 is 2.52 bits per heavy atom. The fraction of sp³-hybridized carbons (Fsp3) is 0.600. The summed E-state index contributed by atoms with van der Waals surface area (Å²) in [5.41, 5.74) is 1.91. The Hall–Kier alpha value is -1.88. The molecular weight excluding hydrogens is 316 g/mol. The fourth-order valence-corrected chi connectivity index (χ4v) is 3.67. The van der Waals surface area contributed by atoms with E-state index in [2.05, 4.69) is 36.1 Å². The van der Waals surface area contributed by atoms with Crippen molar-refractivity contribution in [3.05, 3.63) is 35.4 Å². The summed E-state index contributed by atoms with van der Waals surface area (Å²) in [5, 5.41) is 0. The molecule has 2 aliphatic heterocycles. The van der Waals surface area contributed by atoms with E-state index in [0.29, 0.717) is 19.5 Å². The lowest BCUT2D eigenvalue weighted by atomic mass is 9.99. The molecule has 0 N–H and O–H groups in total. The van der Waals surface area contributed by atoms with E-state index < -0.39 is 5.60 Å². The van der Waals surface area contributed by atoms with Crippen LogP contribution >= 0.6 is 0 Å². The predicted molar refractivity (Wildman–Crippen MR) is 96.6 cm³/mol. The van der Waals surface area contributed by atoms with Crippen LogP contribution in [0.25, 0.3) is 0 Å². The van der Waals surface area contributed by atoms with E-state index >= 15 is 0 Å². The Kier molecular flexibility index (Phi) is 4.87. The van der Waals surface area contributed by atoms with Crippen molar-refractivity contribution >= 4 is 11.9 Å². The number of amides is 1. The minimum atomic E-state index is -0.520. The second-order valence-electron chi connectivity index (χ2n) is 8.30. The summed E-state index contributed by atoms with van der Waals surface area (Å²) >= 11 is 0. The number of rotatable bonds is 2. The number of carbonyl (C=O) groups is 2. The van der Waals surface area contributed by atoms with Crippen LogP contribution in [0.3, 0.4) is 0 Å². The van der Waals surface area contributed by atoms with Gasteiger partial charge in [0, 0.05) is 25.6 Å². The highest BCUT2D eigenvalue weighted by atomic mass is 16.6. The number of hydrogen-bond donors (Lipinski definition) is 0. The Bertz CT molecular complexity index is 648. The number of carbonyl (C=O) groups excluding carboxylic acids is 2. The number of benzene rings is 1. The van der Waals surface area contributed by atoms with Crippen LogP contribution < -0.4 is 0 Å². The van der Waals surface area contributed by atoms with Crippen LogP contribution in [0.5, 0.6) is 0 Å². The lowest BCUT2D eigenvalue weighted by Crippen LogP contribution is -2.59. The zero-order valence-electron chi connectivity index (χ0n) is 15.6. The summed E-state index contributed by atoms with van der Waals surface area (Å²) in [5.74, 6) is 0.269. The molecule has 0 spiro atoms. The van der Waals surface area contributed by atoms with Gasteiger partial charge in [0.1, 0.15) is 11.4 Å². The molecule has 0 unspecified atom stereocenters. The zero-order chi connectivity index (χ0) is 18.2. The van der Waals surface area contributed by atoms with Gasteiger partial charge in [0.25, 0.3) is 0 Å². The van der Waals surface area contributed by atoms with Crippen molar-refractivity contribution in [1.29, 1.82) is 0 Å². The molecule has 1 amide bonds. The molecule has 1 aromatic rings. The molecule has 1 aromatic carbocycles. The zero-order valence-corrected chi connectivity index (χ0v) is 15.6. The largest absolute Gasteiger partial charge is 0.444 e. The summed E-state index contributed by atoms with van der Waals surface area (Å²) in [4.78, 5) is 28.6. The van der Waals surface area contributed by atoms with Crippen molar-refractivity contribution in [1.82, 2.24) is 9.80 Å². The minimum absolute atomic E-state index is 0.0275. The van der Waals surface area contributed by atoms with E-state index in [1.165, 1.54) is 11.1 Å². The van der Waals surface area contributed by atoms with Gasteiger partial charge in [0.2, 0.25) is 0 Å². The molecular formula is C20H28N2O3. The first-order chi connectivity index (χ1) is 11.7. The molecule has 0 aliphatic carbocycles. The maximum Gasteiger partial charge on any atom is 0.410 e. The van der Waals surface area contributed by atoms with Gasteiger partial charge in [-0.2, -0.15) is 0 Å². The fourth-order valence-electron chi connectivity index (χ4n) is 3.67. The highest BCUT2D eigenvalue weighted by Gasteiger charge is 2.42. The third kappa shape index (κ3) is 4.40. The topological polar surface area (TPSA) is 49.9 Å². The molecule has 2 fully saturated rings. The molecule has 5 nitrogen and oxygen atoms in total. The molecule has 0 radical (unpaired) electrons. The van der Waals surface area contributed by atoms with Gasteiger partial charge in [0.05, 0.1) is 12.6 Å². The molecule has 3 rings (SSSR count). The predicted octanol–water partition coefficient (Wildman–Crippen LogP) is 2.80. The van der Waals surface area contributed by atoms with Crippen molar-refractivity contribution in [3.63, 3.8) is 0 Å². The average molecular weight is 344 g/mol. The van der Waals surface area contributed by atoms with Crippen LogP contribution in [0.2, 0.25) is 0 Å². The first-order valence-corrected chi connectivity index (χ1v) is 9.02. The minimum Gasteiger partial charge on any atom is -0.444 e. The molecule has 0 aromatic heterocycles.